The molecule has 0 radical (unpaired) electrons. The van der Waals surface area contributed by atoms with Crippen molar-refractivity contribution in [2.24, 2.45) is 7.05 Å². The van der Waals surface area contributed by atoms with Crippen LogP contribution in [0.25, 0.3) is 22.2 Å². The summed E-state index contributed by atoms with van der Waals surface area (Å²) in [7, 11) is 7.53. The van der Waals surface area contributed by atoms with E-state index in [9.17, 15) is 0 Å². The molecule has 2 heterocycles. The molecule has 0 fully saturated rings. The number of aryl methyl sites for hydroxylation is 1. The second-order valence-corrected chi connectivity index (χ2v) is 8.68. The first-order chi connectivity index (χ1) is 16.9. The molecule has 9 nitrogen and oxygen atoms in total. The number of likely N-dealkylation sites (N-methyl/N-ethyl adjacent to an activating group) is 1. The molecular formula is C26H33N7O2. The van der Waals surface area contributed by atoms with Crippen LogP contribution in [0.4, 0.5) is 17.2 Å². The van der Waals surface area contributed by atoms with Gasteiger partial charge < -0.3 is 25.0 Å². The molecule has 2 aromatic heterocycles. The first-order valence-electron chi connectivity index (χ1n) is 11.6. The fourth-order valence-electron chi connectivity index (χ4n) is 3.73. The second-order valence-electron chi connectivity index (χ2n) is 8.68. The normalized spacial score (nSPS) is 11.3. The minimum atomic E-state index is 0.465. The van der Waals surface area contributed by atoms with Crippen LogP contribution in [0, 0.1) is 0 Å². The van der Waals surface area contributed by atoms with Crippen molar-refractivity contribution in [1.82, 2.24) is 24.6 Å². The van der Waals surface area contributed by atoms with Gasteiger partial charge >= 0.3 is 0 Å². The molecule has 0 amide bonds. The van der Waals surface area contributed by atoms with E-state index in [1.165, 1.54) is 0 Å². The van der Waals surface area contributed by atoms with Crippen molar-refractivity contribution >= 4 is 28.1 Å². The van der Waals surface area contributed by atoms with Gasteiger partial charge in [0.2, 0.25) is 0 Å². The number of fused-ring (bicyclic) bond motifs is 1. The highest BCUT2D eigenvalue weighted by Crippen LogP contribution is 2.38. The summed E-state index contributed by atoms with van der Waals surface area (Å²) in [6.45, 7) is 5.74. The minimum Gasteiger partial charge on any atom is -0.494 e. The van der Waals surface area contributed by atoms with E-state index in [2.05, 4.69) is 57.6 Å². The SMILES string of the molecule is CNc1cc(Nc2cc(-c3ccc4cnn(C)c4c3)ncn2)c(OC)cc1OCCN(C)C(C)C. The predicted octanol–water partition coefficient (Wildman–Crippen LogP) is 4.54. The summed E-state index contributed by atoms with van der Waals surface area (Å²) in [5, 5.41) is 12.0. The molecule has 0 saturated heterocycles. The summed E-state index contributed by atoms with van der Waals surface area (Å²) >= 11 is 0. The first kappa shape index (κ1) is 24.3. The number of hydrogen-bond acceptors (Lipinski definition) is 8. The van der Waals surface area contributed by atoms with Gasteiger partial charge in [0.05, 0.1) is 35.9 Å². The zero-order valence-corrected chi connectivity index (χ0v) is 21.2. The summed E-state index contributed by atoms with van der Waals surface area (Å²) in [5.41, 5.74) is 4.48. The highest BCUT2D eigenvalue weighted by molar-refractivity contribution is 5.84. The number of nitrogens with one attached hydrogen (secondary N) is 2. The van der Waals surface area contributed by atoms with Gasteiger partial charge in [-0.05, 0) is 33.0 Å². The Balaban J connectivity index is 1.56. The van der Waals surface area contributed by atoms with E-state index in [0.717, 1.165) is 45.8 Å². The fraction of sp³-hybridized carbons (Fsp3) is 0.346. The molecule has 4 aromatic rings. The molecule has 184 valence electrons. The molecule has 0 atom stereocenters. The highest BCUT2D eigenvalue weighted by atomic mass is 16.5. The van der Waals surface area contributed by atoms with Crippen LogP contribution in [-0.2, 0) is 7.05 Å². The Morgan fingerprint density at radius 1 is 1.06 bits per heavy atom. The zero-order valence-electron chi connectivity index (χ0n) is 21.2. The Morgan fingerprint density at radius 2 is 1.89 bits per heavy atom. The van der Waals surface area contributed by atoms with Crippen LogP contribution in [0.15, 0.2) is 48.9 Å². The van der Waals surface area contributed by atoms with Crippen molar-refractivity contribution in [3.05, 3.63) is 48.9 Å². The van der Waals surface area contributed by atoms with Crippen LogP contribution in [0.1, 0.15) is 13.8 Å². The molecule has 0 aliphatic rings. The van der Waals surface area contributed by atoms with Gasteiger partial charge in [0.25, 0.3) is 0 Å². The minimum absolute atomic E-state index is 0.465. The third-order valence-corrected chi connectivity index (χ3v) is 6.13. The van der Waals surface area contributed by atoms with Crippen LogP contribution in [0.2, 0.25) is 0 Å². The van der Waals surface area contributed by atoms with Gasteiger partial charge in [-0.25, -0.2) is 9.97 Å². The first-order valence-corrected chi connectivity index (χ1v) is 11.6. The van der Waals surface area contributed by atoms with E-state index >= 15 is 0 Å². The zero-order chi connectivity index (χ0) is 24.9. The lowest BCUT2D eigenvalue weighted by atomic mass is 10.1. The Kier molecular flexibility index (Phi) is 7.36. The van der Waals surface area contributed by atoms with Crippen LogP contribution in [0.5, 0.6) is 11.5 Å². The van der Waals surface area contributed by atoms with Gasteiger partial charge in [0.15, 0.2) is 0 Å². The van der Waals surface area contributed by atoms with Gasteiger partial charge in [-0.2, -0.15) is 5.10 Å². The topological polar surface area (TPSA) is 89.4 Å². The number of ether oxygens (including phenoxy) is 2. The third kappa shape index (κ3) is 5.46. The Hall–Kier alpha value is -3.85. The summed E-state index contributed by atoms with van der Waals surface area (Å²) in [5.74, 6) is 2.06. The summed E-state index contributed by atoms with van der Waals surface area (Å²) in [6.07, 6.45) is 3.41. The van der Waals surface area contributed by atoms with Gasteiger partial charge in [-0.1, -0.05) is 12.1 Å². The Bertz CT molecular complexity index is 1300. The van der Waals surface area contributed by atoms with E-state index in [-0.39, 0.29) is 0 Å². The Morgan fingerprint density at radius 3 is 2.63 bits per heavy atom. The van der Waals surface area contributed by atoms with Crippen molar-refractivity contribution in [3.63, 3.8) is 0 Å². The monoisotopic (exact) mass is 475 g/mol. The van der Waals surface area contributed by atoms with Crippen molar-refractivity contribution in [2.75, 3.05) is 45.0 Å². The largest absolute Gasteiger partial charge is 0.494 e. The van der Waals surface area contributed by atoms with E-state index < -0.39 is 0 Å². The van der Waals surface area contributed by atoms with Crippen LogP contribution in [-0.4, -0.2) is 65.0 Å². The maximum Gasteiger partial charge on any atom is 0.146 e. The van der Waals surface area contributed by atoms with Crippen LogP contribution in [0.3, 0.4) is 0 Å². The van der Waals surface area contributed by atoms with Crippen molar-refractivity contribution in [3.8, 4) is 22.8 Å². The molecule has 0 unspecified atom stereocenters. The molecule has 35 heavy (non-hydrogen) atoms. The van der Waals surface area contributed by atoms with Crippen LogP contribution < -0.4 is 20.1 Å². The number of hydrogen-bond donors (Lipinski definition) is 2. The predicted molar refractivity (Wildman–Crippen MR) is 141 cm³/mol. The van der Waals surface area contributed by atoms with Gasteiger partial charge in [-0.15, -0.1) is 0 Å². The maximum absolute atomic E-state index is 6.07. The molecule has 0 saturated carbocycles. The smallest absolute Gasteiger partial charge is 0.146 e. The molecule has 0 aliphatic carbocycles. The second kappa shape index (κ2) is 10.6. The van der Waals surface area contributed by atoms with E-state index in [0.29, 0.717) is 24.2 Å². The molecule has 0 bridgehead atoms. The third-order valence-electron chi connectivity index (χ3n) is 6.13. The number of nitrogens with zero attached hydrogens (tertiary/aromatic N) is 5. The molecular weight excluding hydrogens is 442 g/mol. The summed E-state index contributed by atoms with van der Waals surface area (Å²) < 4.78 is 13.6. The average molecular weight is 476 g/mol. The van der Waals surface area contributed by atoms with E-state index in [1.54, 1.807) is 13.4 Å². The average Bonchev–Trinajstić information content (AvgIpc) is 3.24. The van der Waals surface area contributed by atoms with Crippen molar-refractivity contribution in [2.45, 2.75) is 19.9 Å². The number of methoxy groups -OCH3 is 1. The quantitative estimate of drug-likeness (QED) is 0.346. The van der Waals surface area contributed by atoms with Crippen molar-refractivity contribution < 1.29 is 9.47 Å². The lowest BCUT2D eigenvalue weighted by Crippen LogP contribution is -2.30. The van der Waals surface area contributed by atoms with Crippen LogP contribution >= 0.6 is 0 Å². The van der Waals surface area contributed by atoms with Gasteiger partial charge in [-0.3, -0.25) is 4.68 Å². The summed E-state index contributed by atoms with van der Waals surface area (Å²) in [6, 6.07) is 12.4. The number of benzene rings is 2. The number of aromatic nitrogens is 4. The molecule has 2 aromatic carbocycles. The highest BCUT2D eigenvalue weighted by Gasteiger charge is 2.14. The van der Waals surface area contributed by atoms with Gasteiger partial charge in [0, 0.05) is 49.8 Å². The standard InChI is InChI=1S/C26H33N7O2/c1-17(2)32(4)9-10-35-25-14-24(34-6)22(12-21(25)27-3)31-26-13-20(28-16-29-26)18-7-8-19-15-30-33(5)23(19)11-18/h7-8,11-17,27H,9-10H2,1-6H3,(H,28,29,31). The molecule has 0 aliphatic heterocycles. The van der Waals surface area contributed by atoms with Gasteiger partial charge in [0.1, 0.15) is 30.3 Å². The molecule has 2 N–H and O–H groups in total. The van der Waals surface area contributed by atoms with E-state index in [4.69, 9.17) is 9.47 Å². The molecule has 0 spiro atoms. The van der Waals surface area contributed by atoms with E-state index in [1.807, 2.05) is 55.3 Å². The number of rotatable bonds is 10. The Labute approximate surface area is 206 Å². The van der Waals surface area contributed by atoms with Crippen molar-refractivity contribution in [1.29, 1.82) is 0 Å². The molecule has 4 rings (SSSR count). The molecule has 9 heteroatoms. The lowest BCUT2D eigenvalue weighted by Gasteiger charge is -2.22. The maximum atomic E-state index is 6.07. The summed E-state index contributed by atoms with van der Waals surface area (Å²) in [4.78, 5) is 11.1. The number of anilines is 3. The lowest BCUT2D eigenvalue weighted by molar-refractivity contribution is 0.208. The fourth-order valence-corrected chi connectivity index (χ4v) is 3.73.